The minimum atomic E-state index is -0.506. The first-order valence-corrected chi connectivity index (χ1v) is 9.37. The fraction of sp³-hybridized carbons (Fsp3) is 0.409. The van der Waals surface area contributed by atoms with Crippen molar-refractivity contribution in [2.24, 2.45) is 5.73 Å². The van der Waals surface area contributed by atoms with Crippen LogP contribution in [0.15, 0.2) is 54.6 Å². The molecular formula is C22H29NO3. The average molecular weight is 355 g/mol. The number of unbranched alkanes of at least 4 members (excludes halogenated alkanes) is 2. The van der Waals surface area contributed by atoms with Gasteiger partial charge in [0.15, 0.2) is 0 Å². The van der Waals surface area contributed by atoms with E-state index in [1.807, 2.05) is 18.2 Å². The number of benzene rings is 2. The van der Waals surface area contributed by atoms with Gasteiger partial charge in [-0.3, -0.25) is 4.79 Å². The van der Waals surface area contributed by atoms with Crippen molar-refractivity contribution in [3.8, 4) is 5.75 Å². The van der Waals surface area contributed by atoms with E-state index in [0.29, 0.717) is 19.6 Å². The topological polar surface area (TPSA) is 61.5 Å². The second-order valence-electron chi connectivity index (χ2n) is 6.36. The summed E-state index contributed by atoms with van der Waals surface area (Å²) >= 11 is 0. The molecule has 0 aliphatic carbocycles. The predicted molar refractivity (Wildman–Crippen MR) is 104 cm³/mol. The third-order valence-corrected chi connectivity index (χ3v) is 4.19. The molecule has 140 valence electrons. The Bertz CT molecular complexity index is 640. The van der Waals surface area contributed by atoms with Crippen LogP contribution < -0.4 is 10.5 Å². The molecule has 0 aromatic heterocycles. The number of carbonyl (C=O) groups is 1. The highest BCUT2D eigenvalue weighted by Crippen LogP contribution is 2.16. The van der Waals surface area contributed by atoms with E-state index in [1.54, 1.807) is 6.92 Å². The third-order valence-electron chi connectivity index (χ3n) is 4.19. The van der Waals surface area contributed by atoms with Crippen LogP contribution in [0.4, 0.5) is 0 Å². The van der Waals surface area contributed by atoms with Crippen molar-refractivity contribution in [3.63, 3.8) is 0 Å². The summed E-state index contributed by atoms with van der Waals surface area (Å²) in [5.41, 5.74) is 8.35. The van der Waals surface area contributed by atoms with E-state index >= 15 is 0 Å². The molecule has 0 radical (unpaired) electrons. The molecule has 1 atom stereocenters. The first-order valence-electron chi connectivity index (χ1n) is 9.37. The number of carbonyl (C=O) groups excluding carboxylic acids is 1. The molecule has 0 aliphatic rings. The third kappa shape index (κ3) is 7.28. The lowest BCUT2D eigenvalue weighted by Crippen LogP contribution is -2.32. The zero-order valence-corrected chi connectivity index (χ0v) is 15.5. The molecule has 0 unspecified atom stereocenters. The van der Waals surface area contributed by atoms with E-state index in [4.69, 9.17) is 15.2 Å². The van der Waals surface area contributed by atoms with Crippen LogP contribution in [-0.4, -0.2) is 25.2 Å². The Hall–Kier alpha value is -2.33. The van der Waals surface area contributed by atoms with Crippen LogP contribution in [0.3, 0.4) is 0 Å². The Kier molecular flexibility index (Phi) is 8.70. The van der Waals surface area contributed by atoms with Crippen LogP contribution in [0, 0.1) is 0 Å². The summed E-state index contributed by atoms with van der Waals surface area (Å²) in [5, 5.41) is 0. The molecule has 0 aliphatic heterocycles. The van der Waals surface area contributed by atoms with Gasteiger partial charge in [0.2, 0.25) is 0 Å². The molecule has 0 bridgehead atoms. The summed E-state index contributed by atoms with van der Waals surface area (Å²) in [5.74, 6) is 0.587. The molecule has 4 heteroatoms. The number of rotatable bonds is 11. The van der Waals surface area contributed by atoms with E-state index < -0.39 is 6.04 Å². The molecule has 2 rings (SSSR count). The molecule has 0 saturated carbocycles. The molecule has 2 aromatic rings. The Balaban J connectivity index is 1.60. The molecular weight excluding hydrogens is 326 g/mol. The maximum atomic E-state index is 11.4. The van der Waals surface area contributed by atoms with Gasteiger partial charge in [0.1, 0.15) is 11.8 Å². The molecule has 0 saturated heterocycles. The summed E-state index contributed by atoms with van der Waals surface area (Å²) in [4.78, 5) is 11.4. The number of esters is 1. The molecule has 0 heterocycles. The van der Waals surface area contributed by atoms with Crippen LogP contribution in [0.25, 0.3) is 0 Å². The Morgan fingerprint density at radius 3 is 2.35 bits per heavy atom. The van der Waals surface area contributed by atoms with E-state index in [2.05, 4.69) is 36.4 Å². The number of nitrogens with two attached hydrogens (primary N) is 1. The van der Waals surface area contributed by atoms with Crippen molar-refractivity contribution in [1.29, 1.82) is 0 Å². The van der Waals surface area contributed by atoms with Gasteiger partial charge in [-0.1, -0.05) is 48.9 Å². The van der Waals surface area contributed by atoms with Gasteiger partial charge in [0.05, 0.1) is 13.2 Å². The lowest BCUT2D eigenvalue weighted by Gasteiger charge is -2.10. The van der Waals surface area contributed by atoms with Gasteiger partial charge in [-0.2, -0.15) is 0 Å². The van der Waals surface area contributed by atoms with E-state index in [-0.39, 0.29) is 5.97 Å². The molecule has 0 amide bonds. The SMILES string of the molecule is CCOC(=O)[C@@H](N)CCCCCOc1ccc(Cc2ccccc2)cc1. The van der Waals surface area contributed by atoms with Crippen molar-refractivity contribution < 1.29 is 14.3 Å². The lowest BCUT2D eigenvalue weighted by atomic mass is 10.1. The second kappa shape index (κ2) is 11.3. The van der Waals surface area contributed by atoms with Gasteiger partial charge in [-0.15, -0.1) is 0 Å². The van der Waals surface area contributed by atoms with Gasteiger partial charge in [-0.25, -0.2) is 0 Å². The van der Waals surface area contributed by atoms with Crippen LogP contribution in [0.5, 0.6) is 5.75 Å². The number of ether oxygens (including phenoxy) is 2. The average Bonchev–Trinajstić information content (AvgIpc) is 2.66. The van der Waals surface area contributed by atoms with Crippen LogP contribution >= 0.6 is 0 Å². The lowest BCUT2D eigenvalue weighted by molar-refractivity contribution is -0.144. The standard InChI is InChI=1S/C22H29NO3/c1-2-25-22(24)21(23)11-7-4-8-16-26-20-14-12-19(13-15-20)17-18-9-5-3-6-10-18/h3,5-6,9-10,12-15,21H,2,4,7-8,11,16-17,23H2,1H3/t21-/m0/s1. The van der Waals surface area contributed by atoms with Crippen molar-refractivity contribution >= 4 is 5.97 Å². The maximum Gasteiger partial charge on any atom is 0.322 e. The predicted octanol–water partition coefficient (Wildman–Crippen LogP) is 4.11. The smallest absolute Gasteiger partial charge is 0.322 e. The van der Waals surface area contributed by atoms with Crippen molar-refractivity contribution in [3.05, 3.63) is 65.7 Å². The second-order valence-corrected chi connectivity index (χ2v) is 6.36. The van der Waals surface area contributed by atoms with Gasteiger partial charge >= 0.3 is 5.97 Å². The van der Waals surface area contributed by atoms with E-state index in [0.717, 1.165) is 31.4 Å². The highest BCUT2D eigenvalue weighted by atomic mass is 16.5. The zero-order valence-electron chi connectivity index (χ0n) is 15.5. The summed E-state index contributed by atoms with van der Waals surface area (Å²) in [6.45, 7) is 2.84. The first kappa shape index (κ1) is 20.0. The monoisotopic (exact) mass is 355 g/mol. The van der Waals surface area contributed by atoms with Gasteiger partial charge < -0.3 is 15.2 Å². The fourth-order valence-electron chi connectivity index (χ4n) is 2.74. The number of hydrogen-bond donors (Lipinski definition) is 1. The van der Waals surface area contributed by atoms with Crippen LogP contribution in [0.1, 0.15) is 43.7 Å². The Morgan fingerprint density at radius 2 is 1.65 bits per heavy atom. The zero-order chi connectivity index (χ0) is 18.6. The first-order chi connectivity index (χ1) is 12.7. The maximum absolute atomic E-state index is 11.4. The van der Waals surface area contributed by atoms with Gasteiger partial charge in [-0.05, 0) is 55.9 Å². The normalized spacial score (nSPS) is 11.8. The van der Waals surface area contributed by atoms with Crippen LogP contribution in [-0.2, 0) is 16.0 Å². The van der Waals surface area contributed by atoms with Gasteiger partial charge in [0.25, 0.3) is 0 Å². The molecule has 0 spiro atoms. The highest BCUT2D eigenvalue weighted by Gasteiger charge is 2.13. The Labute approximate surface area is 156 Å². The Morgan fingerprint density at radius 1 is 0.962 bits per heavy atom. The summed E-state index contributed by atoms with van der Waals surface area (Å²) in [7, 11) is 0. The summed E-state index contributed by atoms with van der Waals surface area (Å²) in [6.07, 6.45) is 4.43. The minimum absolute atomic E-state index is 0.306. The quantitative estimate of drug-likeness (QED) is 0.487. The van der Waals surface area contributed by atoms with Crippen molar-refractivity contribution in [2.75, 3.05) is 13.2 Å². The molecule has 2 N–H and O–H groups in total. The van der Waals surface area contributed by atoms with Crippen molar-refractivity contribution in [1.82, 2.24) is 0 Å². The van der Waals surface area contributed by atoms with Crippen LogP contribution in [0.2, 0.25) is 0 Å². The van der Waals surface area contributed by atoms with E-state index in [1.165, 1.54) is 11.1 Å². The van der Waals surface area contributed by atoms with Gasteiger partial charge in [0, 0.05) is 0 Å². The largest absolute Gasteiger partial charge is 0.494 e. The number of hydrogen-bond acceptors (Lipinski definition) is 4. The molecule has 4 nitrogen and oxygen atoms in total. The summed E-state index contributed by atoms with van der Waals surface area (Å²) in [6, 6.07) is 18.2. The molecule has 26 heavy (non-hydrogen) atoms. The van der Waals surface area contributed by atoms with E-state index in [9.17, 15) is 4.79 Å². The van der Waals surface area contributed by atoms with Crippen molar-refractivity contribution in [2.45, 2.75) is 45.1 Å². The molecule has 2 aromatic carbocycles. The molecule has 0 fully saturated rings. The fourth-order valence-corrected chi connectivity index (χ4v) is 2.74. The minimum Gasteiger partial charge on any atom is -0.494 e. The summed E-state index contributed by atoms with van der Waals surface area (Å²) < 4.78 is 10.7. The highest BCUT2D eigenvalue weighted by molar-refractivity contribution is 5.75.